The van der Waals surface area contributed by atoms with E-state index >= 15 is 0 Å². The molecule has 3 rings (SSSR count). The zero-order valence-corrected chi connectivity index (χ0v) is 17.2. The molecular weight excluding hydrogens is 342 g/mol. The van der Waals surface area contributed by atoms with Crippen LogP contribution in [0.4, 0.5) is 0 Å². The molecule has 0 fully saturated rings. The van der Waals surface area contributed by atoms with E-state index in [-0.39, 0.29) is 5.41 Å². The van der Waals surface area contributed by atoms with Gasteiger partial charge in [-0.1, -0.05) is 105 Å². The van der Waals surface area contributed by atoms with Crippen LogP contribution in [0.5, 0.6) is 0 Å². The summed E-state index contributed by atoms with van der Waals surface area (Å²) in [6.07, 6.45) is 0. The van der Waals surface area contributed by atoms with Gasteiger partial charge in [-0.15, -0.1) is 0 Å². The third kappa shape index (κ3) is 4.52. The van der Waals surface area contributed by atoms with E-state index in [4.69, 9.17) is 4.74 Å². The number of benzene rings is 3. The predicted octanol–water partition coefficient (Wildman–Crippen LogP) is 5.63. The fourth-order valence-corrected chi connectivity index (χ4v) is 3.67. The van der Waals surface area contributed by atoms with Crippen molar-refractivity contribution in [3.8, 4) is 0 Å². The van der Waals surface area contributed by atoms with Gasteiger partial charge in [0.1, 0.15) is 0 Å². The Morgan fingerprint density at radius 2 is 1.07 bits per heavy atom. The monoisotopic (exact) mass is 373 g/mol. The van der Waals surface area contributed by atoms with Crippen LogP contribution in [0.1, 0.15) is 37.5 Å². The van der Waals surface area contributed by atoms with Crippen molar-refractivity contribution in [2.24, 2.45) is 5.41 Å². The minimum atomic E-state index is -0.423. The van der Waals surface area contributed by atoms with Gasteiger partial charge in [-0.05, 0) is 23.6 Å². The first-order valence-corrected chi connectivity index (χ1v) is 10.1. The van der Waals surface area contributed by atoms with Crippen molar-refractivity contribution in [3.05, 3.63) is 108 Å². The normalized spacial score (nSPS) is 12.1. The van der Waals surface area contributed by atoms with Gasteiger partial charge in [0, 0.05) is 18.6 Å². The van der Waals surface area contributed by atoms with Crippen LogP contribution in [-0.2, 0) is 10.3 Å². The van der Waals surface area contributed by atoms with E-state index in [1.807, 2.05) is 6.92 Å². The fraction of sp³-hybridized carbons (Fsp3) is 0.308. The van der Waals surface area contributed by atoms with Gasteiger partial charge >= 0.3 is 0 Å². The highest BCUT2D eigenvalue weighted by Gasteiger charge is 2.37. The largest absolute Gasteiger partial charge is 0.381 e. The Kier molecular flexibility index (Phi) is 6.66. The summed E-state index contributed by atoms with van der Waals surface area (Å²) < 4.78 is 5.74. The first-order chi connectivity index (χ1) is 13.6. The maximum Gasteiger partial charge on any atom is 0.0948 e. The summed E-state index contributed by atoms with van der Waals surface area (Å²) in [5.41, 5.74) is 3.30. The standard InChI is InChI=1S/C26H31NO/c1-4-28-21-25(2,3)20-27-26(22-14-8-5-9-15-22,23-16-10-6-11-17-23)24-18-12-7-13-19-24/h5-19,27H,4,20-21H2,1-3H3. The van der Waals surface area contributed by atoms with E-state index < -0.39 is 5.54 Å². The second kappa shape index (κ2) is 9.18. The molecular formula is C26H31NO. The summed E-state index contributed by atoms with van der Waals surface area (Å²) in [6, 6.07) is 32.2. The third-order valence-electron chi connectivity index (χ3n) is 5.15. The molecule has 0 radical (unpaired) electrons. The van der Waals surface area contributed by atoms with Crippen LogP contribution in [-0.4, -0.2) is 19.8 Å². The number of nitrogens with one attached hydrogen (secondary N) is 1. The van der Waals surface area contributed by atoms with E-state index in [9.17, 15) is 0 Å². The molecule has 0 aliphatic heterocycles. The predicted molar refractivity (Wildman–Crippen MR) is 117 cm³/mol. The third-order valence-corrected chi connectivity index (χ3v) is 5.15. The minimum Gasteiger partial charge on any atom is -0.381 e. The Bertz CT molecular complexity index is 731. The Morgan fingerprint density at radius 3 is 1.43 bits per heavy atom. The van der Waals surface area contributed by atoms with Crippen molar-refractivity contribution in [2.75, 3.05) is 19.8 Å². The van der Waals surface area contributed by atoms with Crippen molar-refractivity contribution < 1.29 is 4.74 Å². The zero-order valence-electron chi connectivity index (χ0n) is 17.2. The molecule has 0 saturated heterocycles. The summed E-state index contributed by atoms with van der Waals surface area (Å²) in [5, 5.41) is 3.95. The maximum atomic E-state index is 5.74. The summed E-state index contributed by atoms with van der Waals surface area (Å²) in [6.45, 7) is 8.84. The van der Waals surface area contributed by atoms with E-state index in [1.54, 1.807) is 0 Å². The highest BCUT2D eigenvalue weighted by Crippen LogP contribution is 2.37. The van der Waals surface area contributed by atoms with Crippen LogP contribution in [0.25, 0.3) is 0 Å². The average Bonchev–Trinajstić information content (AvgIpc) is 2.75. The molecule has 0 aliphatic carbocycles. The Morgan fingerprint density at radius 1 is 0.679 bits per heavy atom. The molecule has 28 heavy (non-hydrogen) atoms. The molecule has 0 amide bonds. The molecule has 0 heterocycles. The van der Waals surface area contributed by atoms with Crippen molar-refractivity contribution in [2.45, 2.75) is 26.3 Å². The van der Waals surface area contributed by atoms with Gasteiger partial charge in [0.15, 0.2) is 0 Å². The topological polar surface area (TPSA) is 21.3 Å². The lowest BCUT2D eigenvalue weighted by molar-refractivity contribution is 0.0677. The summed E-state index contributed by atoms with van der Waals surface area (Å²) in [4.78, 5) is 0. The van der Waals surface area contributed by atoms with Crippen LogP contribution in [0.2, 0.25) is 0 Å². The summed E-state index contributed by atoms with van der Waals surface area (Å²) >= 11 is 0. The van der Waals surface area contributed by atoms with Crippen molar-refractivity contribution >= 4 is 0 Å². The molecule has 3 aromatic carbocycles. The quantitative estimate of drug-likeness (QED) is 0.491. The van der Waals surface area contributed by atoms with Gasteiger partial charge in [0.05, 0.1) is 12.1 Å². The van der Waals surface area contributed by atoms with Crippen LogP contribution >= 0.6 is 0 Å². The van der Waals surface area contributed by atoms with Gasteiger partial charge in [0.2, 0.25) is 0 Å². The highest BCUT2D eigenvalue weighted by atomic mass is 16.5. The van der Waals surface area contributed by atoms with Gasteiger partial charge in [-0.3, -0.25) is 5.32 Å². The molecule has 0 atom stereocenters. The molecule has 3 aromatic rings. The molecule has 1 N–H and O–H groups in total. The Hall–Kier alpha value is -2.42. The lowest BCUT2D eigenvalue weighted by atomic mass is 9.76. The van der Waals surface area contributed by atoms with Gasteiger partial charge in [-0.2, -0.15) is 0 Å². The lowest BCUT2D eigenvalue weighted by Gasteiger charge is -2.40. The van der Waals surface area contributed by atoms with E-state index in [0.29, 0.717) is 0 Å². The first-order valence-electron chi connectivity index (χ1n) is 10.1. The van der Waals surface area contributed by atoms with E-state index in [0.717, 1.165) is 19.8 Å². The van der Waals surface area contributed by atoms with Crippen LogP contribution in [0, 0.1) is 5.41 Å². The van der Waals surface area contributed by atoms with E-state index in [2.05, 4.69) is 110 Å². The smallest absolute Gasteiger partial charge is 0.0948 e. The number of hydrogen-bond acceptors (Lipinski definition) is 2. The second-order valence-corrected chi connectivity index (χ2v) is 8.00. The molecule has 2 heteroatoms. The Labute approximate surface area is 169 Å². The van der Waals surface area contributed by atoms with Crippen molar-refractivity contribution in [3.63, 3.8) is 0 Å². The number of ether oxygens (including phenoxy) is 1. The van der Waals surface area contributed by atoms with Gasteiger partial charge in [-0.25, -0.2) is 0 Å². The number of rotatable bonds is 9. The van der Waals surface area contributed by atoms with Gasteiger partial charge in [0.25, 0.3) is 0 Å². The lowest BCUT2D eigenvalue weighted by Crippen LogP contribution is -2.49. The molecule has 0 aliphatic rings. The molecule has 0 aromatic heterocycles. The molecule has 2 nitrogen and oxygen atoms in total. The first kappa shape index (κ1) is 20.3. The van der Waals surface area contributed by atoms with Crippen LogP contribution in [0.15, 0.2) is 91.0 Å². The second-order valence-electron chi connectivity index (χ2n) is 8.00. The Balaban J connectivity index is 2.11. The van der Waals surface area contributed by atoms with Crippen molar-refractivity contribution in [1.82, 2.24) is 5.32 Å². The van der Waals surface area contributed by atoms with E-state index in [1.165, 1.54) is 16.7 Å². The molecule has 146 valence electrons. The average molecular weight is 374 g/mol. The maximum absolute atomic E-state index is 5.74. The highest BCUT2D eigenvalue weighted by molar-refractivity contribution is 5.49. The molecule has 0 bridgehead atoms. The summed E-state index contributed by atoms with van der Waals surface area (Å²) in [5.74, 6) is 0. The van der Waals surface area contributed by atoms with Crippen LogP contribution in [0.3, 0.4) is 0 Å². The SMILES string of the molecule is CCOCC(C)(C)CNC(c1ccccc1)(c1ccccc1)c1ccccc1. The minimum absolute atomic E-state index is 0.0135. The number of hydrogen-bond donors (Lipinski definition) is 1. The fourth-order valence-electron chi connectivity index (χ4n) is 3.67. The van der Waals surface area contributed by atoms with Crippen LogP contribution < -0.4 is 5.32 Å². The molecule has 0 spiro atoms. The van der Waals surface area contributed by atoms with Crippen molar-refractivity contribution in [1.29, 1.82) is 0 Å². The summed E-state index contributed by atoms with van der Waals surface area (Å²) in [7, 11) is 0. The molecule has 0 unspecified atom stereocenters. The van der Waals surface area contributed by atoms with Gasteiger partial charge < -0.3 is 4.74 Å². The molecule has 0 saturated carbocycles. The zero-order chi connectivity index (χ0) is 19.9.